The Morgan fingerprint density at radius 3 is 2.95 bits per heavy atom. The molecule has 0 saturated carbocycles. The van der Waals surface area contributed by atoms with Gasteiger partial charge in [-0.15, -0.1) is 0 Å². The normalized spacial score (nSPS) is 19.9. The summed E-state index contributed by atoms with van der Waals surface area (Å²) in [5.74, 6) is -0.197. The molecule has 2 heterocycles. The van der Waals surface area contributed by atoms with Crippen LogP contribution in [-0.2, 0) is 10.0 Å². The zero-order valence-corrected chi connectivity index (χ0v) is 12.6. The lowest BCUT2D eigenvalue weighted by molar-refractivity contribution is 0.0703. The zero-order valence-electron chi connectivity index (χ0n) is 11.0. The first kappa shape index (κ1) is 15.2. The monoisotopic (exact) mass is 317 g/mol. The van der Waals surface area contributed by atoms with Gasteiger partial charge in [0, 0.05) is 31.5 Å². The van der Waals surface area contributed by atoms with Gasteiger partial charge in [-0.05, 0) is 18.9 Å². The first-order valence-corrected chi connectivity index (χ1v) is 8.50. The van der Waals surface area contributed by atoms with Gasteiger partial charge in [0.05, 0.1) is 16.8 Å². The molecular formula is C12H16ClN3O3S. The average molecular weight is 318 g/mol. The quantitative estimate of drug-likeness (QED) is 0.898. The average Bonchev–Trinajstić information content (AvgIpc) is 2.37. The van der Waals surface area contributed by atoms with E-state index in [-0.39, 0.29) is 11.9 Å². The Morgan fingerprint density at radius 1 is 1.55 bits per heavy atom. The van der Waals surface area contributed by atoms with E-state index in [1.807, 2.05) is 0 Å². The standard InChI is InChI=1S/C12H16ClN3O3S/c1-20(18,19)15-9-3-2-6-16(8-9)12(17)10-4-5-14-7-11(10)13/h4-5,7,9,15H,2-3,6,8H2,1H3. The molecule has 1 unspecified atom stereocenters. The van der Waals surface area contributed by atoms with Crippen molar-refractivity contribution in [3.63, 3.8) is 0 Å². The van der Waals surface area contributed by atoms with Gasteiger partial charge < -0.3 is 4.90 Å². The molecule has 1 fully saturated rings. The van der Waals surface area contributed by atoms with Gasteiger partial charge in [-0.1, -0.05) is 11.6 Å². The maximum absolute atomic E-state index is 12.4. The molecule has 0 bridgehead atoms. The van der Waals surface area contributed by atoms with Crippen LogP contribution in [0.5, 0.6) is 0 Å². The summed E-state index contributed by atoms with van der Waals surface area (Å²) in [6.45, 7) is 0.948. The highest BCUT2D eigenvalue weighted by Crippen LogP contribution is 2.19. The third-order valence-corrected chi connectivity index (χ3v) is 4.15. The van der Waals surface area contributed by atoms with E-state index in [1.54, 1.807) is 11.0 Å². The molecule has 0 aromatic carbocycles. The molecule has 8 heteroatoms. The number of hydrogen-bond donors (Lipinski definition) is 1. The second-order valence-corrected chi connectivity index (χ2v) is 7.02. The van der Waals surface area contributed by atoms with Crippen LogP contribution in [0.25, 0.3) is 0 Å². The summed E-state index contributed by atoms with van der Waals surface area (Å²) in [5, 5.41) is 0.302. The third-order valence-electron chi connectivity index (χ3n) is 3.09. The van der Waals surface area contributed by atoms with E-state index >= 15 is 0 Å². The van der Waals surface area contributed by atoms with Crippen molar-refractivity contribution in [2.75, 3.05) is 19.3 Å². The molecule has 0 radical (unpaired) electrons. The smallest absolute Gasteiger partial charge is 0.255 e. The van der Waals surface area contributed by atoms with Crippen LogP contribution in [0.1, 0.15) is 23.2 Å². The van der Waals surface area contributed by atoms with Gasteiger partial charge >= 0.3 is 0 Å². The first-order valence-electron chi connectivity index (χ1n) is 6.23. The minimum absolute atomic E-state index is 0.197. The predicted molar refractivity (Wildman–Crippen MR) is 76.2 cm³/mol. The lowest BCUT2D eigenvalue weighted by atomic mass is 10.1. The van der Waals surface area contributed by atoms with Crippen LogP contribution < -0.4 is 4.72 Å². The third kappa shape index (κ3) is 3.91. The molecule has 1 aromatic rings. The van der Waals surface area contributed by atoms with Gasteiger partial charge in [0.25, 0.3) is 5.91 Å². The Bertz CT molecular complexity index is 606. The molecule has 1 atom stereocenters. The van der Waals surface area contributed by atoms with E-state index in [4.69, 9.17) is 11.6 Å². The number of amides is 1. The summed E-state index contributed by atoms with van der Waals surface area (Å²) in [6, 6.07) is 1.32. The van der Waals surface area contributed by atoms with Crippen LogP contribution in [0.4, 0.5) is 0 Å². The summed E-state index contributed by atoms with van der Waals surface area (Å²) >= 11 is 5.96. The van der Waals surface area contributed by atoms with E-state index < -0.39 is 10.0 Å². The summed E-state index contributed by atoms with van der Waals surface area (Å²) in [4.78, 5) is 17.8. The summed E-state index contributed by atoms with van der Waals surface area (Å²) in [6.07, 6.45) is 5.52. The molecule has 0 aliphatic carbocycles. The van der Waals surface area contributed by atoms with Gasteiger partial charge in [0.1, 0.15) is 0 Å². The molecule has 1 saturated heterocycles. The Balaban J connectivity index is 2.09. The van der Waals surface area contributed by atoms with Crippen LogP contribution in [0, 0.1) is 0 Å². The molecule has 1 amide bonds. The molecular weight excluding hydrogens is 302 g/mol. The fourth-order valence-corrected chi connectivity index (χ4v) is 3.28. The Labute approximate surface area is 123 Å². The number of likely N-dealkylation sites (tertiary alicyclic amines) is 1. The highest BCUT2D eigenvalue weighted by molar-refractivity contribution is 7.88. The second kappa shape index (κ2) is 6.07. The van der Waals surface area contributed by atoms with E-state index in [0.29, 0.717) is 23.7 Å². The van der Waals surface area contributed by atoms with Crippen molar-refractivity contribution >= 4 is 27.5 Å². The summed E-state index contributed by atoms with van der Waals surface area (Å²) in [7, 11) is -3.27. The topological polar surface area (TPSA) is 79.4 Å². The molecule has 6 nitrogen and oxygen atoms in total. The maximum atomic E-state index is 12.4. The van der Waals surface area contributed by atoms with Crippen LogP contribution in [0.15, 0.2) is 18.5 Å². The van der Waals surface area contributed by atoms with Gasteiger partial charge in [0.15, 0.2) is 0 Å². The Hall–Kier alpha value is -1.18. The van der Waals surface area contributed by atoms with E-state index in [9.17, 15) is 13.2 Å². The van der Waals surface area contributed by atoms with Crippen molar-refractivity contribution in [2.45, 2.75) is 18.9 Å². The fourth-order valence-electron chi connectivity index (χ4n) is 2.28. The molecule has 0 spiro atoms. The van der Waals surface area contributed by atoms with Crippen molar-refractivity contribution in [2.24, 2.45) is 0 Å². The lowest BCUT2D eigenvalue weighted by Crippen LogP contribution is -2.49. The van der Waals surface area contributed by atoms with Gasteiger partial charge in [-0.25, -0.2) is 13.1 Å². The van der Waals surface area contributed by atoms with Gasteiger partial charge in [-0.3, -0.25) is 9.78 Å². The van der Waals surface area contributed by atoms with Crippen molar-refractivity contribution in [3.05, 3.63) is 29.0 Å². The molecule has 110 valence electrons. The summed E-state index contributed by atoms with van der Waals surface area (Å²) < 4.78 is 25.1. The van der Waals surface area contributed by atoms with E-state index in [1.165, 1.54) is 12.4 Å². The number of piperidine rings is 1. The molecule has 1 N–H and O–H groups in total. The SMILES string of the molecule is CS(=O)(=O)NC1CCCN(C(=O)c2ccncc2Cl)C1. The van der Waals surface area contributed by atoms with Crippen LogP contribution in [0.3, 0.4) is 0 Å². The first-order chi connectivity index (χ1) is 9.37. The van der Waals surface area contributed by atoms with Crippen LogP contribution >= 0.6 is 11.6 Å². The molecule has 2 rings (SSSR count). The predicted octanol–water partition coefficient (Wildman–Crippen LogP) is 0.889. The lowest BCUT2D eigenvalue weighted by Gasteiger charge is -2.32. The summed E-state index contributed by atoms with van der Waals surface area (Å²) in [5.41, 5.74) is 0.390. The number of pyridine rings is 1. The van der Waals surface area contributed by atoms with Crippen molar-refractivity contribution in [1.29, 1.82) is 0 Å². The van der Waals surface area contributed by atoms with E-state index in [0.717, 1.165) is 19.1 Å². The minimum atomic E-state index is -3.27. The number of aromatic nitrogens is 1. The number of carbonyl (C=O) groups is 1. The second-order valence-electron chi connectivity index (χ2n) is 4.84. The van der Waals surface area contributed by atoms with Crippen LogP contribution in [0.2, 0.25) is 5.02 Å². The maximum Gasteiger partial charge on any atom is 0.255 e. The zero-order chi connectivity index (χ0) is 14.8. The van der Waals surface area contributed by atoms with Gasteiger partial charge in [-0.2, -0.15) is 0 Å². The number of nitrogens with zero attached hydrogens (tertiary/aromatic N) is 2. The van der Waals surface area contributed by atoms with E-state index in [2.05, 4.69) is 9.71 Å². The molecule has 1 aromatic heterocycles. The molecule has 1 aliphatic rings. The number of nitrogens with one attached hydrogen (secondary N) is 1. The fraction of sp³-hybridized carbons (Fsp3) is 0.500. The highest BCUT2D eigenvalue weighted by Gasteiger charge is 2.27. The minimum Gasteiger partial charge on any atom is -0.337 e. The van der Waals surface area contributed by atoms with Crippen molar-refractivity contribution in [3.8, 4) is 0 Å². The number of halogens is 1. The Kier molecular flexibility index (Phi) is 4.62. The largest absolute Gasteiger partial charge is 0.337 e. The van der Waals surface area contributed by atoms with Crippen LogP contribution in [-0.4, -0.2) is 49.6 Å². The van der Waals surface area contributed by atoms with Crippen molar-refractivity contribution in [1.82, 2.24) is 14.6 Å². The number of sulfonamides is 1. The number of carbonyl (C=O) groups excluding carboxylic acids is 1. The van der Waals surface area contributed by atoms with Crippen molar-refractivity contribution < 1.29 is 13.2 Å². The molecule has 20 heavy (non-hydrogen) atoms. The molecule has 1 aliphatic heterocycles. The Morgan fingerprint density at radius 2 is 2.30 bits per heavy atom. The highest BCUT2D eigenvalue weighted by atomic mass is 35.5. The number of hydrogen-bond acceptors (Lipinski definition) is 4. The van der Waals surface area contributed by atoms with Gasteiger partial charge in [0.2, 0.25) is 10.0 Å². The number of rotatable bonds is 3.